The van der Waals surface area contributed by atoms with E-state index in [1.807, 2.05) is 0 Å². The molecule has 3 aliphatic heterocycles. The number of benzene rings is 2. The minimum absolute atomic E-state index is 0.291. The standard InChI is InChI=1S/C35H54N2OP2/c1-24(2)39(25(3)4)34-21-28(36-15-11-9-12-16-36)19-32-30(34)23-31-33(38-32)20-29(37-17-13-10-14-18-37)22-35(31)40(26(5)6)27(7)8/h19-22,24-27H,9-18,23H2,1-8H3. The minimum Gasteiger partial charge on any atom is -0.457 e. The van der Waals surface area contributed by atoms with Crippen molar-refractivity contribution in [2.24, 2.45) is 0 Å². The highest BCUT2D eigenvalue weighted by molar-refractivity contribution is 7.67. The lowest BCUT2D eigenvalue weighted by molar-refractivity contribution is 0.461. The van der Waals surface area contributed by atoms with E-state index >= 15 is 0 Å². The first kappa shape index (κ1) is 30.2. The molecule has 0 saturated carbocycles. The summed E-state index contributed by atoms with van der Waals surface area (Å²) in [6.45, 7) is 24.2. The molecule has 0 spiro atoms. The first-order valence-electron chi connectivity index (χ1n) is 16.2. The van der Waals surface area contributed by atoms with Gasteiger partial charge in [-0.25, -0.2) is 0 Å². The molecule has 0 bridgehead atoms. The number of ether oxygens (including phenoxy) is 1. The van der Waals surface area contributed by atoms with E-state index in [1.165, 1.54) is 87.2 Å². The van der Waals surface area contributed by atoms with Gasteiger partial charge in [-0.15, -0.1) is 0 Å². The predicted molar refractivity (Wildman–Crippen MR) is 182 cm³/mol. The number of hydrogen-bond acceptors (Lipinski definition) is 3. The van der Waals surface area contributed by atoms with E-state index in [1.54, 1.807) is 10.6 Å². The summed E-state index contributed by atoms with van der Waals surface area (Å²) in [6, 6.07) is 10.0. The number of piperidine rings is 2. The number of anilines is 2. The van der Waals surface area contributed by atoms with Crippen LogP contribution in [-0.2, 0) is 6.42 Å². The maximum absolute atomic E-state index is 7.11. The van der Waals surface area contributed by atoms with E-state index < -0.39 is 0 Å². The Hall–Kier alpha value is -1.30. The molecule has 0 unspecified atom stereocenters. The van der Waals surface area contributed by atoms with Crippen LogP contribution in [0, 0.1) is 0 Å². The van der Waals surface area contributed by atoms with E-state index in [9.17, 15) is 0 Å². The van der Waals surface area contributed by atoms with Crippen LogP contribution in [0.15, 0.2) is 24.3 Å². The molecule has 3 heterocycles. The molecule has 5 rings (SSSR count). The van der Waals surface area contributed by atoms with Gasteiger partial charge in [-0.2, -0.15) is 0 Å². The molecule has 2 fully saturated rings. The molecule has 3 nitrogen and oxygen atoms in total. The van der Waals surface area contributed by atoms with Crippen LogP contribution in [0.3, 0.4) is 0 Å². The summed E-state index contributed by atoms with van der Waals surface area (Å²) in [6.07, 6.45) is 8.95. The molecule has 0 N–H and O–H groups in total. The molecule has 0 amide bonds. The number of rotatable bonds is 8. The topological polar surface area (TPSA) is 15.7 Å². The van der Waals surface area contributed by atoms with Gasteiger partial charge in [0, 0.05) is 67.2 Å². The largest absolute Gasteiger partial charge is 0.457 e. The smallest absolute Gasteiger partial charge is 0.133 e. The van der Waals surface area contributed by atoms with Crippen LogP contribution in [0.25, 0.3) is 0 Å². The monoisotopic (exact) mass is 580 g/mol. The summed E-state index contributed by atoms with van der Waals surface area (Å²) >= 11 is 0. The fourth-order valence-electron chi connectivity index (χ4n) is 7.50. The van der Waals surface area contributed by atoms with Crippen LogP contribution in [-0.4, -0.2) is 48.8 Å². The molecule has 0 aliphatic carbocycles. The van der Waals surface area contributed by atoms with Gasteiger partial charge in [0.25, 0.3) is 0 Å². The van der Waals surface area contributed by atoms with Crippen LogP contribution in [0.4, 0.5) is 11.4 Å². The summed E-state index contributed by atoms with van der Waals surface area (Å²) in [4.78, 5) is 5.26. The van der Waals surface area contributed by atoms with Gasteiger partial charge in [-0.3, -0.25) is 0 Å². The maximum atomic E-state index is 7.11. The van der Waals surface area contributed by atoms with Crippen molar-refractivity contribution >= 4 is 37.8 Å². The molecule has 0 radical (unpaired) electrons. The Labute approximate surface area is 247 Å². The van der Waals surface area contributed by atoms with Gasteiger partial charge in [-0.1, -0.05) is 71.2 Å². The summed E-state index contributed by atoms with van der Waals surface area (Å²) in [5.41, 5.74) is 8.37. The van der Waals surface area contributed by atoms with E-state index in [-0.39, 0.29) is 15.8 Å². The summed E-state index contributed by atoms with van der Waals surface area (Å²) in [5, 5.41) is 3.21. The van der Waals surface area contributed by atoms with Gasteiger partial charge in [-0.05, 0) is 83.9 Å². The maximum Gasteiger partial charge on any atom is 0.133 e. The fourth-order valence-corrected chi connectivity index (χ4v) is 13.7. The molecule has 3 aliphatic rings. The van der Waals surface area contributed by atoms with Crippen LogP contribution in [0.1, 0.15) is 105 Å². The molecule has 5 heteroatoms. The molecule has 0 aromatic heterocycles. The molecule has 0 atom stereocenters. The summed E-state index contributed by atoms with van der Waals surface area (Å²) in [7, 11) is -0.582. The van der Waals surface area contributed by atoms with E-state index in [4.69, 9.17) is 4.74 Å². The van der Waals surface area contributed by atoms with E-state index in [0.717, 1.165) is 17.9 Å². The van der Waals surface area contributed by atoms with Gasteiger partial charge >= 0.3 is 0 Å². The average molecular weight is 581 g/mol. The van der Waals surface area contributed by atoms with Crippen molar-refractivity contribution in [1.82, 2.24) is 0 Å². The predicted octanol–water partition coefficient (Wildman–Crippen LogP) is 9.21. The average Bonchev–Trinajstić information content (AvgIpc) is 2.92. The molecule has 2 aromatic rings. The van der Waals surface area contributed by atoms with Crippen molar-refractivity contribution in [2.75, 3.05) is 36.0 Å². The molecular weight excluding hydrogens is 526 g/mol. The highest BCUT2D eigenvalue weighted by Gasteiger charge is 2.33. The molecule has 2 aromatic carbocycles. The van der Waals surface area contributed by atoms with Crippen LogP contribution in [0.2, 0.25) is 0 Å². The zero-order chi connectivity index (χ0) is 28.6. The fraction of sp³-hybridized carbons (Fsp3) is 0.657. The molecular formula is C35H54N2OP2. The number of hydrogen-bond donors (Lipinski definition) is 0. The second-order valence-electron chi connectivity index (χ2n) is 13.4. The summed E-state index contributed by atoms with van der Waals surface area (Å²) in [5.74, 6) is 2.28. The van der Waals surface area contributed by atoms with Gasteiger partial charge in [0.15, 0.2) is 0 Å². The lowest BCUT2D eigenvalue weighted by atomic mass is 9.98. The van der Waals surface area contributed by atoms with Crippen molar-refractivity contribution < 1.29 is 4.74 Å². The minimum atomic E-state index is -0.291. The van der Waals surface area contributed by atoms with Crippen LogP contribution in [0.5, 0.6) is 11.5 Å². The lowest BCUT2D eigenvalue weighted by Crippen LogP contribution is -2.32. The third kappa shape index (κ3) is 6.22. The second kappa shape index (κ2) is 12.9. The Bertz CT molecular complexity index is 1060. The quantitative estimate of drug-likeness (QED) is 0.247. The number of nitrogens with zero attached hydrogens (tertiary/aromatic N) is 2. The van der Waals surface area contributed by atoms with Gasteiger partial charge < -0.3 is 14.5 Å². The van der Waals surface area contributed by atoms with Gasteiger partial charge in [0.2, 0.25) is 0 Å². The SMILES string of the molecule is CC(C)P(c1cc(N2CCCCC2)cc2c1Cc1c(cc(N3CCCCC3)cc1P(C(C)C)C(C)C)O2)C(C)C. The van der Waals surface area contributed by atoms with Crippen molar-refractivity contribution in [3.63, 3.8) is 0 Å². The molecule has 40 heavy (non-hydrogen) atoms. The second-order valence-corrected chi connectivity index (χ2v) is 20.2. The highest BCUT2D eigenvalue weighted by Crippen LogP contribution is 2.53. The first-order chi connectivity index (χ1) is 19.2. The van der Waals surface area contributed by atoms with Crippen LogP contribution < -0.4 is 25.1 Å². The normalized spacial score (nSPS) is 17.9. The Kier molecular flexibility index (Phi) is 9.74. The first-order valence-corrected chi connectivity index (χ1v) is 19.2. The van der Waals surface area contributed by atoms with Crippen molar-refractivity contribution in [1.29, 1.82) is 0 Å². The van der Waals surface area contributed by atoms with Crippen molar-refractivity contribution in [2.45, 2.75) is 123 Å². The zero-order valence-electron chi connectivity index (χ0n) is 26.6. The number of fused-ring (bicyclic) bond motifs is 2. The lowest BCUT2D eigenvalue weighted by Gasteiger charge is -2.37. The van der Waals surface area contributed by atoms with E-state index in [0.29, 0.717) is 22.6 Å². The van der Waals surface area contributed by atoms with Crippen LogP contribution >= 0.6 is 15.8 Å². The van der Waals surface area contributed by atoms with Crippen molar-refractivity contribution in [3.05, 3.63) is 35.4 Å². The van der Waals surface area contributed by atoms with Gasteiger partial charge in [0.1, 0.15) is 11.5 Å². The zero-order valence-corrected chi connectivity index (χ0v) is 28.4. The van der Waals surface area contributed by atoms with Gasteiger partial charge in [0.05, 0.1) is 0 Å². The third-order valence-electron chi connectivity index (χ3n) is 9.14. The Morgan fingerprint density at radius 1 is 0.525 bits per heavy atom. The van der Waals surface area contributed by atoms with Crippen molar-refractivity contribution in [3.8, 4) is 11.5 Å². The Morgan fingerprint density at radius 3 is 1.20 bits per heavy atom. The Morgan fingerprint density at radius 2 is 0.875 bits per heavy atom. The summed E-state index contributed by atoms with van der Waals surface area (Å²) < 4.78 is 7.11. The highest BCUT2D eigenvalue weighted by atomic mass is 31.1. The third-order valence-corrected chi connectivity index (χ3v) is 15.5. The van der Waals surface area contributed by atoms with E-state index in [2.05, 4.69) is 89.5 Å². The molecule has 220 valence electrons. The Balaban J connectivity index is 1.67. The molecule has 2 saturated heterocycles.